The molecule has 0 unspecified atom stereocenters. The second kappa shape index (κ2) is 5.62. The summed E-state index contributed by atoms with van der Waals surface area (Å²) in [6.07, 6.45) is 3.57. The number of thiazole rings is 1. The Kier molecular flexibility index (Phi) is 3.56. The molecule has 0 amide bonds. The fraction of sp³-hybridized carbons (Fsp3) is 0.133. The lowest BCUT2D eigenvalue weighted by Crippen LogP contribution is -2.12. The van der Waals surface area contributed by atoms with Gasteiger partial charge in [0.1, 0.15) is 0 Å². The Labute approximate surface area is 142 Å². The van der Waals surface area contributed by atoms with Crippen LogP contribution >= 0.6 is 11.3 Å². The third-order valence-electron chi connectivity index (χ3n) is 3.77. The largest absolute Gasteiger partial charge is 0.324 e. The number of nitrogens with one attached hydrogen (secondary N) is 1. The van der Waals surface area contributed by atoms with Crippen LogP contribution in [0.25, 0.3) is 10.6 Å². The van der Waals surface area contributed by atoms with Crippen LogP contribution < -0.4 is 10.5 Å². The second-order valence-corrected chi connectivity index (χ2v) is 7.81. The van der Waals surface area contributed by atoms with E-state index in [4.69, 9.17) is 5.14 Å². The molecule has 2 heterocycles. The second-order valence-electron chi connectivity index (χ2n) is 5.39. The first-order valence-electron chi connectivity index (χ1n) is 7.19. The van der Waals surface area contributed by atoms with Crippen molar-refractivity contribution < 1.29 is 8.42 Å². The van der Waals surface area contributed by atoms with Crippen LogP contribution in [0.4, 0.5) is 11.6 Å². The van der Waals surface area contributed by atoms with E-state index in [1.54, 1.807) is 29.7 Å². The maximum atomic E-state index is 11.4. The normalized spacial score (nSPS) is 13.2. The summed E-state index contributed by atoms with van der Waals surface area (Å²) in [5.74, 6) is 0.404. The summed E-state index contributed by atoms with van der Waals surface area (Å²) in [5.41, 5.74) is 5.43. The Hall–Kier alpha value is -2.36. The number of hydrogen-bond acceptors (Lipinski definition) is 7. The minimum Gasteiger partial charge on any atom is -0.324 e. The Morgan fingerprint density at radius 3 is 2.92 bits per heavy atom. The van der Waals surface area contributed by atoms with E-state index in [1.807, 2.05) is 5.51 Å². The summed E-state index contributed by atoms with van der Waals surface area (Å²) in [4.78, 5) is 14.4. The summed E-state index contributed by atoms with van der Waals surface area (Å²) in [5, 5.41) is 8.19. The third kappa shape index (κ3) is 2.77. The van der Waals surface area contributed by atoms with Crippen LogP contribution in [0.3, 0.4) is 0 Å². The number of aryl methyl sites for hydroxylation is 2. The van der Waals surface area contributed by atoms with Crippen molar-refractivity contribution >= 4 is 33.0 Å². The molecule has 0 saturated carbocycles. The summed E-state index contributed by atoms with van der Waals surface area (Å²) in [6.45, 7) is 0. The predicted octanol–water partition coefficient (Wildman–Crippen LogP) is 2.09. The van der Waals surface area contributed by atoms with Crippen LogP contribution in [0, 0.1) is 0 Å². The highest BCUT2D eigenvalue weighted by Gasteiger charge is 2.21. The lowest BCUT2D eigenvalue weighted by Gasteiger charge is -2.15. The minimum absolute atomic E-state index is 0.0372. The highest BCUT2D eigenvalue weighted by molar-refractivity contribution is 7.89. The van der Waals surface area contributed by atoms with Gasteiger partial charge in [-0.2, -0.15) is 0 Å². The lowest BCUT2D eigenvalue weighted by molar-refractivity contribution is 0.598. The van der Waals surface area contributed by atoms with Gasteiger partial charge < -0.3 is 5.32 Å². The van der Waals surface area contributed by atoms with Gasteiger partial charge in [0.2, 0.25) is 16.0 Å². The third-order valence-corrected chi connectivity index (χ3v) is 5.56. The molecule has 9 heteroatoms. The fourth-order valence-electron chi connectivity index (χ4n) is 2.62. The summed E-state index contributed by atoms with van der Waals surface area (Å²) < 4.78 is 22.9. The van der Waals surface area contributed by atoms with Crippen molar-refractivity contribution in [1.29, 1.82) is 0 Å². The number of benzene rings is 1. The van der Waals surface area contributed by atoms with Crippen molar-refractivity contribution in [2.45, 2.75) is 17.7 Å². The van der Waals surface area contributed by atoms with Gasteiger partial charge in [0, 0.05) is 11.9 Å². The molecular weight excluding hydrogens is 346 g/mol. The van der Waals surface area contributed by atoms with E-state index >= 15 is 0 Å². The van der Waals surface area contributed by atoms with Gasteiger partial charge >= 0.3 is 0 Å². The smallest absolute Gasteiger partial charge is 0.238 e. The van der Waals surface area contributed by atoms with Crippen molar-refractivity contribution in [3.63, 3.8) is 0 Å². The monoisotopic (exact) mass is 359 g/mol. The zero-order valence-electron chi connectivity index (χ0n) is 12.4. The molecule has 3 aromatic rings. The molecule has 1 aliphatic rings. The van der Waals surface area contributed by atoms with Crippen molar-refractivity contribution in [3.05, 3.63) is 47.2 Å². The van der Waals surface area contributed by atoms with Gasteiger partial charge in [-0.25, -0.2) is 28.5 Å². The molecule has 1 aliphatic carbocycles. The molecule has 4 rings (SSSR count). The number of fused-ring (bicyclic) bond motifs is 3. The maximum absolute atomic E-state index is 11.4. The quantitative estimate of drug-likeness (QED) is 0.741. The molecule has 7 nitrogen and oxygen atoms in total. The number of nitrogens with two attached hydrogens (primary N) is 1. The topological polar surface area (TPSA) is 111 Å². The molecule has 24 heavy (non-hydrogen) atoms. The zero-order valence-corrected chi connectivity index (χ0v) is 14.1. The van der Waals surface area contributed by atoms with Crippen LogP contribution in [0.15, 0.2) is 40.9 Å². The van der Waals surface area contributed by atoms with Crippen LogP contribution in [-0.2, 0) is 22.9 Å². The molecule has 0 bridgehead atoms. The Balaban J connectivity index is 1.69. The number of aromatic nitrogens is 3. The number of hydrogen-bond donors (Lipinski definition) is 2. The van der Waals surface area contributed by atoms with Gasteiger partial charge in [-0.05, 0) is 36.6 Å². The van der Waals surface area contributed by atoms with Crippen molar-refractivity contribution in [2.75, 3.05) is 5.32 Å². The van der Waals surface area contributed by atoms with Crippen LogP contribution in [0.5, 0.6) is 0 Å². The van der Waals surface area contributed by atoms with E-state index in [9.17, 15) is 8.42 Å². The van der Waals surface area contributed by atoms with Crippen LogP contribution in [-0.4, -0.2) is 23.4 Å². The summed E-state index contributed by atoms with van der Waals surface area (Å²) >= 11 is 1.56. The van der Waals surface area contributed by atoms with Crippen LogP contribution in [0.2, 0.25) is 0 Å². The molecular formula is C15H13N5O2S2. The first-order valence-corrected chi connectivity index (χ1v) is 9.62. The highest BCUT2D eigenvalue weighted by Crippen LogP contribution is 2.34. The van der Waals surface area contributed by atoms with Gasteiger partial charge in [-0.1, -0.05) is 6.07 Å². The molecule has 2 aromatic heterocycles. The van der Waals surface area contributed by atoms with Crippen LogP contribution in [0.1, 0.15) is 11.3 Å². The average molecular weight is 359 g/mol. The van der Waals surface area contributed by atoms with Gasteiger partial charge in [0.15, 0.2) is 0 Å². The maximum Gasteiger partial charge on any atom is 0.238 e. The SMILES string of the molecule is NS(=O)(=O)c1cccc(Nc2ncc3c(n2)-c2scnc2CC3)c1. The molecule has 0 aliphatic heterocycles. The van der Waals surface area contributed by atoms with E-state index in [-0.39, 0.29) is 4.90 Å². The lowest BCUT2D eigenvalue weighted by atomic mass is 10.00. The number of primary sulfonamides is 1. The Morgan fingerprint density at radius 2 is 2.08 bits per heavy atom. The van der Waals surface area contributed by atoms with Crippen molar-refractivity contribution in [3.8, 4) is 10.6 Å². The molecule has 1 aromatic carbocycles. The Bertz CT molecular complexity index is 1030. The average Bonchev–Trinajstić information content (AvgIpc) is 3.03. The fourth-order valence-corrected chi connectivity index (χ4v) is 4.04. The molecule has 0 spiro atoms. The van der Waals surface area contributed by atoms with E-state index in [1.165, 1.54) is 12.1 Å². The summed E-state index contributed by atoms with van der Waals surface area (Å²) in [7, 11) is -3.75. The number of anilines is 2. The van der Waals surface area contributed by atoms with Gasteiger partial charge in [0.25, 0.3) is 0 Å². The number of sulfonamides is 1. The minimum atomic E-state index is -3.75. The van der Waals surface area contributed by atoms with Gasteiger partial charge in [-0.15, -0.1) is 11.3 Å². The molecule has 0 saturated heterocycles. The zero-order chi connectivity index (χ0) is 16.7. The molecule has 0 fully saturated rings. The number of nitrogens with zero attached hydrogens (tertiary/aromatic N) is 3. The standard InChI is InChI=1S/C15H13N5O2S2/c16-24(21,22)11-3-1-2-10(6-11)19-15-17-7-9-4-5-12-14(13(9)20-15)23-8-18-12/h1-3,6-8H,4-5H2,(H2,16,21,22)(H,17,19,20). The number of rotatable bonds is 3. The predicted molar refractivity (Wildman–Crippen MR) is 91.6 cm³/mol. The molecule has 3 N–H and O–H groups in total. The molecule has 0 radical (unpaired) electrons. The van der Waals surface area contributed by atoms with Crippen molar-refractivity contribution in [1.82, 2.24) is 15.0 Å². The first kappa shape index (κ1) is 15.2. The van der Waals surface area contributed by atoms with E-state index in [0.717, 1.165) is 34.7 Å². The Morgan fingerprint density at radius 1 is 1.21 bits per heavy atom. The van der Waals surface area contributed by atoms with Gasteiger partial charge in [0.05, 0.1) is 26.7 Å². The first-order chi connectivity index (χ1) is 11.5. The van der Waals surface area contributed by atoms with E-state index in [0.29, 0.717) is 11.6 Å². The van der Waals surface area contributed by atoms with E-state index < -0.39 is 10.0 Å². The van der Waals surface area contributed by atoms with E-state index in [2.05, 4.69) is 20.3 Å². The molecule has 122 valence electrons. The molecule has 0 atom stereocenters. The van der Waals surface area contributed by atoms with Crippen molar-refractivity contribution in [2.24, 2.45) is 5.14 Å². The highest BCUT2D eigenvalue weighted by atomic mass is 32.2. The summed E-state index contributed by atoms with van der Waals surface area (Å²) in [6, 6.07) is 6.24. The van der Waals surface area contributed by atoms with Gasteiger partial charge in [-0.3, -0.25) is 0 Å².